The number of anilines is 2. The first-order valence-corrected chi connectivity index (χ1v) is 13.8. The molecule has 2 aliphatic rings. The average Bonchev–Trinajstić information content (AvgIpc) is 2.83. The molecular formula is C26H36N4O3S. The topological polar surface area (TPSA) is 73.0 Å². The average molecular weight is 485 g/mol. The molecule has 2 aliphatic heterocycles. The highest BCUT2D eigenvalue weighted by molar-refractivity contribution is 7.89. The van der Waals surface area contributed by atoms with Crippen molar-refractivity contribution in [2.75, 3.05) is 55.6 Å². The van der Waals surface area contributed by atoms with Gasteiger partial charge in [-0.15, -0.1) is 0 Å². The zero-order valence-corrected chi connectivity index (χ0v) is 21.1. The molecule has 1 N–H and O–H groups in total. The molecule has 2 aromatic rings. The second-order valence-corrected chi connectivity index (χ2v) is 11.1. The number of fused-ring (bicyclic) bond motifs is 1. The molecule has 0 atom stereocenters. The summed E-state index contributed by atoms with van der Waals surface area (Å²) in [4.78, 5) is 18.8. The van der Waals surface area contributed by atoms with Gasteiger partial charge in [-0.1, -0.05) is 12.1 Å². The van der Waals surface area contributed by atoms with Crippen LogP contribution in [0.3, 0.4) is 0 Å². The number of aryl methyl sites for hydroxylation is 2. The van der Waals surface area contributed by atoms with E-state index in [0.717, 1.165) is 69.7 Å². The minimum absolute atomic E-state index is 0.00809. The van der Waals surface area contributed by atoms with Gasteiger partial charge in [0.1, 0.15) is 0 Å². The van der Waals surface area contributed by atoms with Crippen LogP contribution in [-0.4, -0.2) is 65.0 Å². The van der Waals surface area contributed by atoms with Crippen molar-refractivity contribution < 1.29 is 13.2 Å². The van der Waals surface area contributed by atoms with E-state index in [0.29, 0.717) is 13.1 Å². The van der Waals surface area contributed by atoms with Crippen LogP contribution in [0.25, 0.3) is 0 Å². The zero-order chi connectivity index (χ0) is 24.1. The fraction of sp³-hybridized carbons (Fsp3) is 0.500. The maximum Gasteiger partial charge on any atom is 0.240 e. The molecule has 2 aromatic carbocycles. The predicted molar refractivity (Wildman–Crippen MR) is 137 cm³/mol. The van der Waals surface area contributed by atoms with Gasteiger partial charge in [-0.05, 0) is 80.6 Å². The molecule has 0 bridgehead atoms. The summed E-state index contributed by atoms with van der Waals surface area (Å²) in [7, 11) is -3.55. The third kappa shape index (κ3) is 5.98. The molecule has 184 valence electrons. The number of hydrogen-bond acceptors (Lipinski definition) is 5. The van der Waals surface area contributed by atoms with E-state index >= 15 is 0 Å². The molecule has 0 radical (unpaired) electrons. The summed E-state index contributed by atoms with van der Waals surface area (Å²) in [5.41, 5.74) is 4.34. The van der Waals surface area contributed by atoms with E-state index in [4.69, 9.17) is 0 Å². The molecule has 1 fully saturated rings. The monoisotopic (exact) mass is 484 g/mol. The van der Waals surface area contributed by atoms with Gasteiger partial charge in [0.05, 0.1) is 4.90 Å². The number of piperazine rings is 1. The molecule has 7 nitrogen and oxygen atoms in total. The smallest absolute Gasteiger partial charge is 0.240 e. The van der Waals surface area contributed by atoms with Crippen LogP contribution in [0.5, 0.6) is 0 Å². The highest BCUT2D eigenvalue weighted by Crippen LogP contribution is 2.29. The highest BCUT2D eigenvalue weighted by atomic mass is 32.2. The van der Waals surface area contributed by atoms with Crippen LogP contribution in [0.2, 0.25) is 0 Å². The van der Waals surface area contributed by atoms with Gasteiger partial charge >= 0.3 is 0 Å². The predicted octanol–water partition coefficient (Wildman–Crippen LogP) is 3.17. The van der Waals surface area contributed by atoms with Crippen molar-refractivity contribution >= 4 is 27.3 Å². The van der Waals surface area contributed by atoms with E-state index in [1.54, 1.807) is 30.0 Å². The Morgan fingerprint density at radius 3 is 2.53 bits per heavy atom. The van der Waals surface area contributed by atoms with Gasteiger partial charge in [0.25, 0.3) is 0 Å². The maximum atomic E-state index is 12.8. The zero-order valence-electron chi connectivity index (χ0n) is 20.3. The van der Waals surface area contributed by atoms with E-state index in [1.807, 2.05) is 0 Å². The second kappa shape index (κ2) is 10.9. The Hall–Kier alpha value is -2.42. The van der Waals surface area contributed by atoms with Crippen molar-refractivity contribution in [2.45, 2.75) is 44.4 Å². The van der Waals surface area contributed by atoms with Crippen LogP contribution >= 0.6 is 0 Å². The molecule has 0 aliphatic carbocycles. The van der Waals surface area contributed by atoms with Crippen molar-refractivity contribution in [3.05, 3.63) is 53.6 Å². The summed E-state index contributed by atoms with van der Waals surface area (Å²) in [5, 5.41) is 0. The van der Waals surface area contributed by atoms with Gasteiger partial charge in [0.15, 0.2) is 0 Å². The van der Waals surface area contributed by atoms with Crippen LogP contribution in [0, 0.1) is 6.92 Å². The molecule has 0 saturated carbocycles. The van der Waals surface area contributed by atoms with Crippen molar-refractivity contribution in [1.29, 1.82) is 0 Å². The third-order valence-electron chi connectivity index (χ3n) is 6.79. The number of carbonyl (C=O) groups is 1. The molecule has 2 heterocycles. The lowest BCUT2D eigenvalue weighted by Gasteiger charge is -2.36. The number of nitrogens with zero attached hydrogens (tertiary/aromatic N) is 3. The summed E-state index contributed by atoms with van der Waals surface area (Å²) in [6, 6.07) is 13.8. The lowest BCUT2D eigenvalue weighted by molar-refractivity contribution is -0.116. The summed E-state index contributed by atoms with van der Waals surface area (Å²) < 4.78 is 28.3. The van der Waals surface area contributed by atoms with Gasteiger partial charge in [-0.3, -0.25) is 9.69 Å². The van der Waals surface area contributed by atoms with E-state index in [9.17, 15) is 13.2 Å². The molecular weight excluding hydrogens is 448 g/mol. The van der Waals surface area contributed by atoms with Crippen LogP contribution in [0.4, 0.5) is 11.4 Å². The molecule has 4 rings (SSSR count). The number of benzene rings is 2. The van der Waals surface area contributed by atoms with Gasteiger partial charge in [0, 0.05) is 57.6 Å². The Balaban J connectivity index is 1.20. The van der Waals surface area contributed by atoms with E-state index in [2.05, 4.69) is 45.7 Å². The minimum Gasteiger partial charge on any atom is -0.369 e. The molecule has 1 amide bonds. The number of sulfonamides is 1. The summed E-state index contributed by atoms with van der Waals surface area (Å²) in [6.07, 6.45) is 3.41. The first-order chi connectivity index (χ1) is 16.3. The van der Waals surface area contributed by atoms with Crippen molar-refractivity contribution in [1.82, 2.24) is 9.62 Å². The summed E-state index contributed by atoms with van der Waals surface area (Å²) >= 11 is 0. The van der Waals surface area contributed by atoms with Gasteiger partial charge in [0.2, 0.25) is 15.9 Å². The fourth-order valence-corrected chi connectivity index (χ4v) is 6.00. The lowest BCUT2D eigenvalue weighted by Crippen LogP contribution is -2.46. The molecule has 0 unspecified atom stereocenters. The number of amides is 1. The number of unbranched alkanes of at least 4 members (excludes halogenated alkanes) is 1. The van der Waals surface area contributed by atoms with Crippen molar-refractivity contribution in [2.24, 2.45) is 0 Å². The first kappa shape index (κ1) is 24.7. The minimum atomic E-state index is -3.55. The van der Waals surface area contributed by atoms with Crippen molar-refractivity contribution in [3.63, 3.8) is 0 Å². The SMILES string of the molecule is CC(=O)N1CCCc2cc(S(=O)(=O)NCCCCN3CCN(c4cccc(C)c4)CC3)ccc21. The number of nitrogens with one attached hydrogen (secondary N) is 1. The number of hydrogen-bond donors (Lipinski definition) is 1. The Morgan fingerprint density at radius 2 is 1.79 bits per heavy atom. The quantitative estimate of drug-likeness (QED) is 0.583. The molecule has 0 aromatic heterocycles. The Kier molecular flexibility index (Phi) is 7.91. The fourth-order valence-electron chi connectivity index (χ4n) is 4.87. The van der Waals surface area contributed by atoms with Gasteiger partial charge in [-0.2, -0.15) is 0 Å². The van der Waals surface area contributed by atoms with Crippen LogP contribution < -0.4 is 14.5 Å². The second-order valence-electron chi connectivity index (χ2n) is 9.34. The van der Waals surface area contributed by atoms with E-state index in [1.165, 1.54) is 11.3 Å². The van der Waals surface area contributed by atoms with Gasteiger partial charge < -0.3 is 9.80 Å². The highest BCUT2D eigenvalue weighted by Gasteiger charge is 2.23. The summed E-state index contributed by atoms with van der Waals surface area (Å²) in [5.74, 6) is -0.00809. The van der Waals surface area contributed by atoms with E-state index in [-0.39, 0.29) is 10.8 Å². The summed E-state index contributed by atoms with van der Waals surface area (Å²) in [6.45, 7) is 9.90. The largest absolute Gasteiger partial charge is 0.369 e. The molecule has 8 heteroatoms. The van der Waals surface area contributed by atoms with Crippen LogP contribution in [0.15, 0.2) is 47.4 Å². The Bertz CT molecular complexity index is 1110. The van der Waals surface area contributed by atoms with E-state index < -0.39 is 10.0 Å². The number of carbonyl (C=O) groups excluding carboxylic acids is 1. The molecule has 0 spiro atoms. The normalized spacial score (nSPS) is 17.0. The standard InChI is InChI=1S/C26H36N4O3S/c1-21-7-5-9-24(19-21)29-17-15-28(16-18-29)13-4-3-12-27-34(32,33)25-10-11-26-23(20-25)8-6-14-30(26)22(2)31/h5,7,9-11,19-20,27H,3-4,6,8,12-18H2,1-2H3. The lowest BCUT2D eigenvalue weighted by atomic mass is 10.0. The maximum absolute atomic E-state index is 12.8. The molecule has 1 saturated heterocycles. The van der Waals surface area contributed by atoms with Crippen LogP contribution in [-0.2, 0) is 21.2 Å². The van der Waals surface area contributed by atoms with Crippen molar-refractivity contribution in [3.8, 4) is 0 Å². The van der Waals surface area contributed by atoms with Crippen LogP contribution in [0.1, 0.15) is 37.3 Å². The molecule has 34 heavy (non-hydrogen) atoms. The Labute approximate surface area is 203 Å². The first-order valence-electron chi connectivity index (χ1n) is 12.3. The van der Waals surface area contributed by atoms with Gasteiger partial charge in [-0.25, -0.2) is 13.1 Å². The Morgan fingerprint density at radius 1 is 1.00 bits per heavy atom. The number of rotatable bonds is 8. The third-order valence-corrected chi connectivity index (χ3v) is 8.25.